The van der Waals surface area contributed by atoms with E-state index in [1.165, 1.54) is 6.26 Å². The first-order valence-corrected chi connectivity index (χ1v) is 7.29. The molecule has 0 aliphatic heterocycles. The van der Waals surface area contributed by atoms with Crippen LogP contribution in [0.1, 0.15) is 27.0 Å². The van der Waals surface area contributed by atoms with Crippen molar-refractivity contribution in [3.63, 3.8) is 0 Å². The highest BCUT2D eigenvalue weighted by atomic mass is 32.1. The predicted molar refractivity (Wildman–Crippen MR) is 80.4 cm³/mol. The normalized spacial score (nSPS) is 12.0. The van der Waals surface area contributed by atoms with Crippen LogP contribution in [-0.4, -0.2) is 11.0 Å². The van der Waals surface area contributed by atoms with E-state index in [4.69, 9.17) is 4.42 Å². The van der Waals surface area contributed by atoms with Crippen LogP contribution >= 0.6 is 11.3 Å². The molecule has 0 spiro atoms. The summed E-state index contributed by atoms with van der Waals surface area (Å²) in [5, 5.41) is 14.3. The number of hydrogen-bond acceptors (Lipinski definition) is 4. The molecule has 2 heterocycles. The second kappa shape index (κ2) is 5.85. The number of nitrogens with one attached hydrogen (secondary N) is 1. The molecule has 2 aromatic heterocycles. The standard InChI is InChI=1S/C16H13NO3S/c18-12-7-5-11(6-8-12)15(14-4-2-10-21-14)17-16(19)13-3-1-9-20-13/h1-10,15,18H,(H,17,19). The van der Waals surface area contributed by atoms with Crippen LogP contribution in [0.25, 0.3) is 0 Å². The Labute approximate surface area is 125 Å². The Kier molecular flexibility index (Phi) is 3.75. The molecule has 0 aliphatic carbocycles. The third-order valence-corrected chi connectivity index (χ3v) is 4.01. The lowest BCUT2D eigenvalue weighted by Gasteiger charge is -2.17. The molecule has 21 heavy (non-hydrogen) atoms. The van der Waals surface area contributed by atoms with Gasteiger partial charge < -0.3 is 14.8 Å². The molecule has 1 atom stereocenters. The number of amides is 1. The first-order valence-electron chi connectivity index (χ1n) is 6.41. The number of hydrogen-bond donors (Lipinski definition) is 2. The molecule has 0 saturated heterocycles. The number of benzene rings is 1. The van der Waals surface area contributed by atoms with Gasteiger partial charge in [0.15, 0.2) is 5.76 Å². The van der Waals surface area contributed by atoms with Crippen LogP contribution in [0.2, 0.25) is 0 Å². The molecule has 0 saturated carbocycles. The number of carbonyl (C=O) groups excluding carboxylic acids is 1. The Morgan fingerprint density at radius 2 is 1.95 bits per heavy atom. The van der Waals surface area contributed by atoms with Crippen LogP contribution < -0.4 is 5.32 Å². The first kappa shape index (κ1) is 13.5. The third-order valence-electron chi connectivity index (χ3n) is 3.07. The van der Waals surface area contributed by atoms with E-state index in [0.717, 1.165) is 10.4 Å². The SMILES string of the molecule is O=C(NC(c1ccc(O)cc1)c1cccs1)c1ccco1. The summed E-state index contributed by atoms with van der Waals surface area (Å²) in [5.74, 6) is 0.197. The maximum absolute atomic E-state index is 12.2. The number of carbonyl (C=O) groups is 1. The second-order valence-corrected chi connectivity index (χ2v) is 5.47. The minimum Gasteiger partial charge on any atom is -0.508 e. The number of rotatable bonds is 4. The molecule has 3 aromatic rings. The van der Waals surface area contributed by atoms with E-state index in [0.29, 0.717) is 0 Å². The zero-order valence-electron chi connectivity index (χ0n) is 11.0. The summed E-state index contributed by atoms with van der Waals surface area (Å²) in [6, 6.07) is 13.7. The van der Waals surface area contributed by atoms with Crippen LogP contribution in [0, 0.1) is 0 Å². The van der Waals surface area contributed by atoms with Gasteiger partial charge in [0.2, 0.25) is 0 Å². The van der Waals surface area contributed by atoms with Crippen molar-refractivity contribution in [1.29, 1.82) is 0 Å². The minimum absolute atomic E-state index is 0.195. The molecule has 0 aliphatic rings. The molecular weight excluding hydrogens is 286 g/mol. The quantitative estimate of drug-likeness (QED) is 0.774. The lowest BCUT2D eigenvalue weighted by atomic mass is 10.0. The van der Waals surface area contributed by atoms with Gasteiger partial charge in [-0.3, -0.25) is 4.79 Å². The highest BCUT2D eigenvalue weighted by Gasteiger charge is 2.20. The molecule has 3 rings (SSSR count). The Bertz CT molecular complexity index is 703. The zero-order valence-corrected chi connectivity index (χ0v) is 11.8. The van der Waals surface area contributed by atoms with Crippen molar-refractivity contribution in [3.05, 3.63) is 76.4 Å². The van der Waals surface area contributed by atoms with Gasteiger partial charge in [0.05, 0.1) is 12.3 Å². The molecule has 2 N–H and O–H groups in total. The van der Waals surface area contributed by atoms with Gasteiger partial charge in [-0.2, -0.15) is 0 Å². The Morgan fingerprint density at radius 1 is 1.14 bits per heavy atom. The first-order chi connectivity index (χ1) is 10.2. The van der Waals surface area contributed by atoms with Gasteiger partial charge in [-0.05, 0) is 41.3 Å². The molecule has 0 fully saturated rings. The summed E-state index contributed by atoms with van der Waals surface area (Å²) >= 11 is 1.56. The maximum Gasteiger partial charge on any atom is 0.287 e. The van der Waals surface area contributed by atoms with E-state index in [-0.39, 0.29) is 23.5 Å². The van der Waals surface area contributed by atoms with E-state index in [1.807, 2.05) is 17.5 Å². The van der Waals surface area contributed by atoms with E-state index in [2.05, 4.69) is 5.32 Å². The largest absolute Gasteiger partial charge is 0.508 e. The Morgan fingerprint density at radius 3 is 2.57 bits per heavy atom. The number of phenols is 1. The molecule has 1 aromatic carbocycles. The molecule has 0 radical (unpaired) electrons. The molecule has 5 heteroatoms. The lowest BCUT2D eigenvalue weighted by molar-refractivity contribution is 0.0915. The van der Waals surface area contributed by atoms with Crippen LogP contribution in [-0.2, 0) is 0 Å². The van der Waals surface area contributed by atoms with Crippen molar-refractivity contribution in [2.75, 3.05) is 0 Å². The van der Waals surface area contributed by atoms with Crippen LogP contribution in [0.15, 0.2) is 64.6 Å². The summed E-state index contributed by atoms with van der Waals surface area (Å²) in [5.41, 5.74) is 0.898. The van der Waals surface area contributed by atoms with Crippen LogP contribution in [0.4, 0.5) is 0 Å². The van der Waals surface area contributed by atoms with E-state index >= 15 is 0 Å². The average Bonchev–Trinajstić information content (AvgIpc) is 3.19. The van der Waals surface area contributed by atoms with Crippen molar-refractivity contribution in [3.8, 4) is 5.75 Å². The molecule has 1 unspecified atom stereocenters. The maximum atomic E-state index is 12.2. The monoisotopic (exact) mass is 299 g/mol. The van der Waals surface area contributed by atoms with Gasteiger partial charge in [-0.1, -0.05) is 18.2 Å². The van der Waals surface area contributed by atoms with Gasteiger partial charge in [0.25, 0.3) is 5.91 Å². The van der Waals surface area contributed by atoms with Gasteiger partial charge in [-0.25, -0.2) is 0 Å². The van der Waals surface area contributed by atoms with E-state index in [1.54, 1.807) is 47.7 Å². The minimum atomic E-state index is -0.275. The Balaban J connectivity index is 1.90. The highest BCUT2D eigenvalue weighted by Crippen LogP contribution is 2.27. The highest BCUT2D eigenvalue weighted by molar-refractivity contribution is 7.10. The number of aromatic hydroxyl groups is 1. The average molecular weight is 299 g/mol. The third kappa shape index (κ3) is 2.98. The molecular formula is C16H13NO3S. The topological polar surface area (TPSA) is 62.5 Å². The van der Waals surface area contributed by atoms with Gasteiger partial charge in [0, 0.05) is 4.88 Å². The summed E-state index contributed by atoms with van der Waals surface area (Å²) in [6.45, 7) is 0. The summed E-state index contributed by atoms with van der Waals surface area (Å²) in [7, 11) is 0. The summed E-state index contributed by atoms with van der Waals surface area (Å²) < 4.78 is 5.12. The zero-order chi connectivity index (χ0) is 14.7. The van der Waals surface area contributed by atoms with Crippen molar-refractivity contribution >= 4 is 17.2 Å². The number of thiophene rings is 1. The molecule has 106 valence electrons. The van der Waals surface area contributed by atoms with Crippen molar-refractivity contribution in [1.82, 2.24) is 5.32 Å². The summed E-state index contributed by atoms with van der Waals surface area (Å²) in [4.78, 5) is 13.2. The number of furan rings is 1. The van der Waals surface area contributed by atoms with Crippen molar-refractivity contribution < 1.29 is 14.3 Å². The van der Waals surface area contributed by atoms with Crippen molar-refractivity contribution in [2.45, 2.75) is 6.04 Å². The number of phenolic OH excluding ortho intramolecular Hbond substituents is 1. The predicted octanol–water partition coefficient (Wildman–Crippen LogP) is 3.57. The van der Waals surface area contributed by atoms with Gasteiger partial charge in [0.1, 0.15) is 5.75 Å². The lowest BCUT2D eigenvalue weighted by Crippen LogP contribution is -2.28. The van der Waals surface area contributed by atoms with Gasteiger partial charge in [-0.15, -0.1) is 11.3 Å². The smallest absolute Gasteiger partial charge is 0.287 e. The molecule has 4 nitrogen and oxygen atoms in total. The fraction of sp³-hybridized carbons (Fsp3) is 0.0625. The summed E-state index contributed by atoms with van der Waals surface area (Å²) in [6.07, 6.45) is 1.47. The van der Waals surface area contributed by atoms with E-state index in [9.17, 15) is 9.90 Å². The van der Waals surface area contributed by atoms with E-state index < -0.39 is 0 Å². The molecule has 1 amide bonds. The van der Waals surface area contributed by atoms with Gasteiger partial charge >= 0.3 is 0 Å². The molecule has 0 bridgehead atoms. The fourth-order valence-electron chi connectivity index (χ4n) is 2.05. The van der Waals surface area contributed by atoms with Crippen LogP contribution in [0.3, 0.4) is 0 Å². The second-order valence-electron chi connectivity index (χ2n) is 4.49. The fourth-order valence-corrected chi connectivity index (χ4v) is 2.85. The Hall–Kier alpha value is -2.53. The van der Waals surface area contributed by atoms with Crippen molar-refractivity contribution in [2.24, 2.45) is 0 Å². The van der Waals surface area contributed by atoms with Crippen LogP contribution in [0.5, 0.6) is 5.75 Å².